The van der Waals surface area contributed by atoms with E-state index in [2.05, 4.69) is 5.32 Å². The number of hydrogen-bond acceptors (Lipinski definition) is 4. The van der Waals surface area contributed by atoms with E-state index < -0.39 is 0 Å². The van der Waals surface area contributed by atoms with E-state index in [0.29, 0.717) is 24.4 Å². The molecule has 1 aliphatic heterocycles. The van der Waals surface area contributed by atoms with E-state index >= 15 is 0 Å². The highest BCUT2D eigenvalue weighted by Gasteiger charge is 2.26. The number of nitrogens with one attached hydrogen (secondary N) is 1. The Balaban J connectivity index is 1.55. The molecule has 2 heterocycles. The Morgan fingerprint density at radius 3 is 2.58 bits per heavy atom. The maximum absolute atomic E-state index is 12.5. The van der Waals surface area contributed by atoms with Crippen LogP contribution in [0, 0.1) is 0 Å². The van der Waals surface area contributed by atoms with Crippen LogP contribution in [-0.4, -0.2) is 42.1 Å². The van der Waals surface area contributed by atoms with E-state index in [0.717, 1.165) is 17.7 Å². The molecule has 0 aliphatic carbocycles. The van der Waals surface area contributed by atoms with E-state index in [1.54, 1.807) is 28.8 Å². The standard InChI is InChI=1S/C18H20N2O3S/c1-24-16-7-3-2-5-14(16)17(21)19-13-8-10-20(11-9-13)18(22)15-6-4-12-23-15/h2-7,12-13H,8-11H2,1H3,(H,19,21). The molecular formula is C18H20N2O3S. The van der Waals surface area contributed by atoms with Crippen LogP contribution in [0.2, 0.25) is 0 Å². The van der Waals surface area contributed by atoms with Crippen molar-refractivity contribution in [3.05, 3.63) is 54.0 Å². The van der Waals surface area contributed by atoms with Crippen molar-refractivity contribution in [2.45, 2.75) is 23.8 Å². The Morgan fingerprint density at radius 1 is 1.17 bits per heavy atom. The predicted octanol–water partition coefficient (Wildman–Crippen LogP) is 3.04. The third-order valence-corrected chi connectivity index (χ3v) is 5.00. The molecule has 126 valence electrons. The molecule has 0 unspecified atom stereocenters. The lowest BCUT2D eigenvalue weighted by Crippen LogP contribution is -2.46. The first-order chi connectivity index (χ1) is 11.7. The van der Waals surface area contributed by atoms with Crippen LogP contribution in [0.25, 0.3) is 0 Å². The van der Waals surface area contributed by atoms with E-state index in [-0.39, 0.29) is 17.9 Å². The summed E-state index contributed by atoms with van der Waals surface area (Å²) in [7, 11) is 0. The number of rotatable bonds is 4. The zero-order valence-electron chi connectivity index (χ0n) is 13.5. The summed E-state index contributed by atoms with van der Waals surface area (Å²) < 4.78 is 5.16. The van der Waals surface area contributed by atoms with Crippen molar-refractivity contribution in [1.29, 1.82) is 0 Å². The monoisotopic (exact) mass is 344 g/mol. The van der Waals surface area contributed by atoms with E-state index in [1.165, 1.54) is 6.26 Å². The normalized spacial score (nSPS) is 15.3. The van der Waals surface area contributed by atoms with Gasteiger partial charge in [0.15, 0.2) is 5.76 Å². The van der Waals surface area contributed by atoms with Crippen molar-refractivity contribution in [3.63, 3.8) is 0 Å². The number of amides is 2. The first-order valence-corrected chi connectivity index (χ1v) is 9.18. The number of carbonyl (C=O) groups is 2. The van der Waals surface area contributed by atoms with Crippen molar-refractivity contribution < 1.29 is 14.0 Å². The molecule has 1 aliphatic rings. The highest BCUT2D eigenvalue weighted by molar-refractivity contribution is 7.98. The molecule has 2 amide bonds. The summed E-state index contributed by atoms with van der Waals surface area (Å²) in [6.45, 7) is 1.24. The lowest BCUT2D eigenvalue weighted by atomic mass is 10.0. The molecule has 5 nitrogen and oxygen atoms in total. The summed E-state index contributed by atoms with van der Waals surface area (Å²) in [5, 5.41) is 3.09. The second-order valence-corrected chi connectivity index (χ2v) is 6.57. The lowest BCUT2D eigenvalue weighted by molar-refractivity contribution is 0.0667. The van der Waals surface area contributed by atoms with Crippen molar-refractivity contribution >= 4 is 23.6 Å². The fourth-order valence-electron chi connectivity index (χ4n) is 2.88. The average Bonchev–Trinajstić information content (AvgIpc) is 3.16. The molecule has 3 rings (SSSR count). The average molecular weight is 344 g/mol. The number of carbonyl (C=O) groups excluding carboxylic acids is 2. The van der Waals surface area contributed by atoms with Crippen LogP contribution < -0.4 is 5.32 Å². The Labute approximate surface area is 145 Å². The molecule has 1 saturated heterocycles. The predicted molar refractivity (Wildman–Crippen MR) is 93.3 cm³/mol. The number of thioether (sulfide) groups is 1. The molecule has 0 spiro atoms. The minimum Gasteiger partial charge on any atom is -0.459 e. The summed E-state index contributed by atoms with van der Waals surface area (Å²) in [4.78, 5) is 27.5. The molecule has 0 bridgehead atoms. The van der Waals surface area contributed by atoms with Crippen LogP contribution in [0.1, 0.15) is 33.8 Å². The van der Waals surface area contributed by atoms with E-state index in [1.807, 2.05) is 30.5 Å². The van der Waals surface area contributed by atoms with Crippen molar-refractivity contribution in [2.75, 3.05) is 19.3 Å². The van der Waals surface area contributed by atoms with Gasteiger partial charge in [0.2, 0.25) is 0 Å². The zero-order valence-corrected chi connectivity index (χ0v) is 14.3. The number of nitrogens with zero attached hydrogens (tertiary/aromatic N) is 1. The van der Waals surface area contributed by atoms with Crippen LogP contribution >= 0.6 is 11.8 Å². The van der Waals surface area contributed by atoms with Gasteiger partial charge in [-0.25, -0.2) is 0 Å². The highest BCUT2D eigenvalue weighted by Crippen LogP contribution is 2.21. The van der Waals surface area contributed by atoms with Gasteiger partial charge in [0.05, 0.1) is 11.8 Å². The van der Waals surface area contributed by atoms with Gasteiger partial charge in [-0.1, -0.05) is 12.1 Å². The number of hydrogen-bond donors (Lipinski definition) is 1. The minimum atomic E-state index is -0.0856. The molecule has 2 aromatic rings. The van der Waals surface area contributed by atoms with Gasteiger partial charge in [-0.15, -0.1) is 11.8 Å². The first-order valence-electron chi connectivity index (χ1n) is 7.95. The number of piperidine rings is 1. The molecule has 1 fully saturated rings. The molecule has 0 saturated carbocycles. The van der Waals surface area contributed by atoms with Crippen molar-refractivity contribution in [2.24, 2.45) is 0 Å². The number of furan rings is 1. The first kappa shape index (κ1) is 16.6. The van der Waals surface area contributed by atoms with Gasteiger partial charge in [0, 0.05) is 24.0 Å². The zero-order chi connectivity index (χ0) is 16.9. The number of benzene rings is 1. The molecule has 1 aromatic carbocycles. The van der Waals surface area contributed by atoms with Gasteiger partial charge in [0.1, 0.15) is 0 Å². The molecule has 24 heavy (non-hydrogen) atoms. The van der Waals surface area contributed by atoms with Gasteiger partial charge >= 0.3 is 0 Å². The maximum Gasteiger partial charge on any atom is 0.289 e. The van der Waals surface area contributed by atoms with Crippen LogP contribution in [0.4, 0.5) is 0 Å². The largest absolute Gasteiger partial charge is 0.459 e. The second-order valence-electron chi connectivity index (χ2n) is 5.72. The quantitative estimate of drug-likeness (QED) is 0.866. The Hall–Kier alpha value is -2.21. The second kappa shape index (κ2) is 7.57. The third kappa shape index (κ3) is 3.64. The molecule has 0 radical (unpaired) electrons. The Morgan fingerprint density at radius 2 is 1.92 bits per heavy atom. The summed E-state index contributed by atoms with van der Waals surface area (Å²) in [5.74, 6) is 0.236. The van der Waals surface area contributed by atoms with Gasteiger partial charge in [0.25, 0.3) is 11.8 Å². The molecule has 6 heteroatoms. The highest BCUT2D eigenvalue weighted by atomic mass is 32.2. The Kier molecular flexibility index (Phi) is 5.25. The van der Waals surface area contributed by atoms with Gasteiger partial charge in [-0.2, -0.15) is 0 Å². The fraction of sp³-hybridized carbons (Fsp3) is 0.333. The summed E-state index contributed by atoms with van der Waals surface area (Å²) >= 11 is 1.56. The van der Waals surface area contributed by atoms with Crippen molar-refractivity contribution in [3.8, 4) is 0 Å². The van der Waals surface area contributed by atoms with Crippen LogP contribution in [0.15, 0.2) is 52.0 Å². The summed E-state index contributed by atoms with van der Waals surface area (Å²) in [6, 6.07) is 11.1. The summed E-state index contributed by atoms with van der Waals surface area (Å²) in [5.41, 5.74) is 0.707. The maximum atomic E-state index is 12.5. The molecular weight excluding hydrogens is 324 g/mol. The van der Waals surface area contributed by atoms with Crippen molar-refractivity contribution in [1.82, 2.24) is 10.2 Å². The molecule has 1 N–H and O–H groups in total. The lowest BCUT2D eigenvalue weighted by Gasteiger charge is -2.32. The minimum absolute atomic E-state index is 0.0456. The SMILES string of the molecule is CSc1ccccc1C(=O)NC1CCN(C(=O)c2ccco2)CC1. The molecule has 0 atom stereocenters. The van der Waals surface area contributed by atoms with E-state index in [9.17, 15) is 9.59 Å². The third-order valence-electron chi connectivity index (χ3n) is 4.20. The van der Waals surface area contributed by atoms with Gasteiger partial charge in [-0.3, -0.25) is 9.59 Å². The van der Waals surface area contributed by atoms with Crippen LogP contribution in [-0.2, 0) is 0 Å². The number of likely N-dealkylation sites (tertiary alicyclic amines) is 1. The molecule has 1 aromatic heterocycles. The van der Waals surface area contributed by atoms with Crippen LogP contribution in [0.5, 0.6) is 0 Å². The van der Waals surface area contributed by atoms with Crippen LogP contribution in [0.3, 0.4) is 0 Å². The Bertz CT molecular complexity index is 707. The van der Waals surface area contributed by atoms with Gasteiger partial charge in [-0.05, 0) is 43.4 Å². The fourth-order valence-corrected chi connectivity index (χ4v) is 3.47. The topological polar surface area (TPSA) is 62.6 Å². The summed E-state index contributed by atoms with van der Waals surface area (Å²) in [6.07, 6.45) is 4.97. The van der Waals surface area contributed by atoms with E-state index in [4.69, 9.17) is 4.42 Å². The van der Waals surface area contributed by atoms with Gasteiger partial charge < -0.3 is 14.6 Å². The smallest absolute Gasteiger partial charge is 0.289 e.